The molecule has 1 N–H and O–H groups in total. The molecule has 2 aromatic carbocycles. The summed E-state index contributed by atoms with van der Waals surface area (Å²) in [4.78, 5) is 12.6. The second-order valence-electron chi connectivity index (χ2n) is 6.79. The van der Waals surface area contributed by atoms with E-state index >= 15 is 0 Å². The standard InChI is InChI=1S/C21H27BrN2O3S/c1-3-7-17(2)23-21(25)16-24(15-14-18-8-5-4-6-9-18)28(26,27)20-12-10-19(22)11-13-20/h4-6,8-13,17H,3,7,14-16H2,1-2H3,(H,23,25)/t17-/m0/s1. The van der Waals surface area contributed by atoms with Crippen molar-refractivity contribution in [1.82, 2.24) is 9.62 Å². The van der Waals surface area contributed by atoms with E-state index in [4.69, 9.17) is 0 Å². The number of hydrogen-bond acceptors (Lipinski definition) is 3. The largest absolute Gasteiger partial charge is 0.353 e. The summed E-state index contributed by atoms with van der Waals surface area (Å²) in [7, 11) is -3.78. The number of carbonyl (C=O) groups is 1. The molecule has 0 saturated heterocycles. The Kier molecular flexibility index (Phi) is 8.66. The van der Waals surface area contributed by atoms with Crippen molar-refractivity contribution >= 4 is 31.9 Å². The number of amides is 1. The number of nitrogens with zero attached hydrogens (tertiary/aromatic N) is 1. The van der Waals surface area contributed by atoms with Crippen molar-refractivity contribution in [2.45, 2.75) is 44.0 Å². The van der Waals surface area contributed by atoms with Crippen molar-refractivity contribution in [2.24, 2.45) is 0 Å². The molecule has 2 aromatic rings. The lowest BCUT2D eigenvalue weighted by Crippen LogP contribution is -2.44. The highest BCUT2D eigenvalue weighted by atomic mass is 79.9. The minimum Gasteiger partial charge on any atom is -0.353 e. The van der Waals surface area contributed by atoms with Gasteiger partial charge in [-0.3, -0.25) is 4.79 Å². The summed E-state index contributed by atoms with van der Waals surface area (Å²) in [6, 6.07) is 16.1. The number of carbonyl (C=O) groups excluding carboxylic acids is 1. The highest BCUT2D eigenvalue weighted by Gasteiger charge is 2.26. The van der Waals surface area contributed by atoms with Gasteiger partial charge in [0.25, 0.3) is 0 Å². The number of halogens is 1. The van der Waals surface area contributed by atoms with Gasteiger partial charge in [0.05, 0.1) is 11.4 Å². The highest BCUT2D eigenvalue weighted by Crippen LogP contribution is 2.19. The van der Waals surface area contributed by atoms with Crippen molar-refractivity contribution in [1.29, 1.82) is 0 Å². The van der Waals surface area contributed by atoms with Gasteiger partial charge in [-0.15, -0.1) is 0 Å². The zero-order valence-electron chi connectivity index (χ0n) is 16.3. The Bertz CT molecular complexity index is 855. The van der Waals surface area contributed by atoms with Crippen LogP contribution in [-0.4, -0.2) is 37.8 Å². The van der Waals surface area contributed by atoms with E-state index in [9.17, 15) is 13.2 Å². The Morgan fingerprint density at radius 3 is 2.36 bits per heavy atom. The Morgan fingerprint density at radius 1 is 1.11 bits per heavy atom. The van der Waals surface area contributed by atoms with Crippen molar-refractivity contribution < 1.29 is 13.2 Å². The average molecular weight is 467 g/mol. The van der Waals surface area contributed by atoms with Gasteiger partial charge in [-0.2, -0.15) is 4.31 Å². The first-order chi connectivity index (χ1) is 13.3. The van der Waals surface area contributed by atoms with Gasteiger partial charge in [-0.05, 0) is 49.6 Å². The lowest BCUT2D eigenvalue weighted by atomic mass is 10.1. The second-order valence-corrected chi connectivity index (χ2v) is 9.64. The van der Waals surface area contributed by atoms with Crippen LogP contribution >= 0.6 is 15.9 Å². The van der Waals surface area contributed by atoms with Crippen molar-refractivity contribution in [3.05, 3.63) is 64.6 Å². The summed E-state index contributed by atoms with van der Waals surface area (Å²) in [6.45, 7) is 4.02. The van der Waals surface area contributed by atoms with E-state index in [1.54, 1.807) is 24.3 Å². The summed E-state index contributed by atoms with van der Waals surface area (Å²) in [5, 5.41) is 2.89. The molecule has 1 atom stereocenters. The first kappa shape index (κ1) is 22.6. The third kappa shape index (κ3) is 6.72. The number of hydrogen-bond donors (Lipinski definition) is 1. The molecule has 28 heavy (non-hydrogen) atoms. The third-order valence-electron chi connectivity index (χ3n) is 4.39. The van der Waals surface area contributed by atoms with Gasteiger partial charge in [-0.25, -0.2) is 8.42 Å². The van der Waals surface area contributed by atoms with E-state index in [1.165, 1.54) is 4.31 Å². The van der Waals surface area contributed by atoms with Crippen LogP contribution < -0.4 is 5.32 Å². The summed E-state index contributed by atoms with van der Waals surface area (Å²) in [5.41, 5.74) is 1.03. The van der Waals surface area contributed by atoms with Crippen LogP contribution in [0.2, 0.25) is 0 Å². The maximum Gasteiger partial charge on any atom is 0.243 e. The molecule has 0 fully saturated rings. The fraction of sp³-hybridized carbons (Fsp3) is 0.381. The Morgan fingerprint density at radius 2 is 1.75 bits per heavy atom. The van der Waals surface area contributed by atoms with Crippen LogP contribution in [0.25, 0.3) is 0 Å². The number of benzene rings is 2. The van der Waals surface area contributed by atoms with Gasteiger partial charge in [0.2, 0.25) is 15.9 Å². The SMILES string of the molecule is CCC[C@H](C)NC(=O)CN(CCc1ccccc1)S(=O)(=O)c1ccc(Br)cc1. The quantitative estimate of drug-likeness (QED) is 0.575. The Labute approximate surface area is 176 Å². The van der Waals surface area contributed by atoms with E-state index in [-0.39, 0.29) is 29.9 Å². The fourth-order valence-corrected chi connectivity index (χ4v) is 4.59. The van der Waals surface area contributed by atoms with Crippen LogP contribution in [0.5, 0.6) is 0 Å². The topological polar surface area (TPSA) is 66.5 Å². The third-order valence-corrected chi connectivity index (χ3v) is 6.78. The molecule has 0 heterocycles. The van der Waals surface area contributed by atoms with E-state index in [1.807, 2.05) is 44.2 Å². The molecular weight excluding hydrogens is 440 g/mol. The smallest absolute Gasteiger partial charge is 0.243 e. The van der Waals surface area contributed by atoms with E-state index < -0.39 is 10.0 Å². The zero-order chi connectivity index (χ0) is 20.6. The van der Waals surface area contributed by atoms with Gasteiger partial charge in [0.1, 0.15) is 0 Å². The van der Waals surface area contributed by atoms with Gasteiger partial charge < -0.3 is 5.32 Å². The first-order valence-electron chi connectivity index (χ1n) is 9.42. The molecule has 7 heteroatoms. The molecule has 0 saturated carbocycles. The Hall–Kier alpha value is -1.70. The highest BCUT2D eigenvalue weighted by molar-refractivity contribution is 9.10. The van der Waals surface area contributed by atoms with Crippen LogP contribution in [-0.2, 0) is 21.2 Å². The molecule has 0 aliphatic heterocycles. The molecule has 0 aliphatic carbocycles. The van der Waals surface area contributed by atoms with E-state index in [0.29, 0.717) is 6.42 Å². The van der Waals surface area contributed by atoms with Crippen LogP contribution in [0.3, 0.4) is 0 Å². The monoisotopic (exact) mass is 466 g/mol. The molecule has 1 amide bonds. The van der Waals surface area contributed by atoms with Crippen molar-refractivity contribution in [2.75, 3.05) is 13.1 Å². The average Bonchev–Trinajstić information content (AvgIpc) is 2.66. The maximum absolute atomic E-state index is 13.1. The van der Waals surface area contributed by atoms with E-state index in [2.05, 4.69) is 21.2 Å². The second kappa shape index (κ2) is 10.7. The Balaban J connectivity index is 2.19. The lowest BCUT2D eigenvalue weighted by molar-refractivity contribution is -0.121. The molecule has 0 bridgehead atoms. The molecule has 0 radical (unpaired) electrons. The summed E-state index contributed by atoms with van der Waals surface area (Å²) in [5.74, 6) is -0.283. The molecule has 0 spiro atoms. The maximum atomic E-state index is 13.1. The summed E-state index contributed by atoms with van der Waals surface area (Å²) in [6.07, 6.45) is 2.35. The molecule has 0 unspecified atom stereocenters. The predicted octanol–water partition coefficient (Wildman–Crippen LogP) is 3.99. The van der Waals surface area contributed by atoms with Crippen molar-refractivity contribution in [3.8, 4) is 0 Å². The molecular formula is C21H27BrN2O3S. The molecule has 0 aliphatic rings. The molecule has 0 aromatic heterocycles. The van der Waals surface area contributed by atoms with Crippen LogP contribution in [0, 0.1) is 0 Å². The lowest BCUT2D eigenvalue weighted by Gasteiger charge is -2.23. The summed E-state index contributed by atoms with van der Waals surface area (Å²) >= 11 is 3.32. The first-order valence-corrected chi connectivity index (χ1v) is 11.6. The molecule has 152 valence electrons. The van der Waals surface area contributed by atoms with Gasteiger partial charge in [-0.1, -0.05) is 59.6 Å². The zero-order valence-corrected chi connectivity index (χ0v) is 18.7. The minimum absolute atomic E-state index is 0.0175. The van der Waals surface area contributed by atoms with Crippen molar-refractivity contribution in [3.63, 3.8) is 0 Å². The van der Waals surface area contributed by atoms with Crippen LogP contribution in [0.1, 0.15) is 32.3 Å². The normalized spacial score (nSPS) is 12.7. The number of sulfonamides is 1. The minimum atomic E-state index is -3.78. The van der Waals surface area contributed by atoms with Gasteiger partial charge in [0.15, 0.2) is 0 Å². The predicted molar refractivity (Wildman–Crippen MR) is 116 cm³/mol. The van der Waals surface area contributed by atoms with E-state index in [0.717, 1.165) is 22.9 Å². The molecule has 2 rings (SSSR count). The van der Waals surface area contributed by atoms with Gasteiger partial charge >= 0.3 is 0 Å². The summed E-state index contributed by atoms with van der Waals surface area (Å²) < 4.78 is 28.3. The van der Waals surface area contributed by atoms with Crippen LogP contribution in [0.15, 0.2) is 64.0 Å². The van der Waals surface area contributed by atoms with Crippen LogP contribution in [0.4, 0.5) is 0 Å². The fourth-order valence-electron chi connectivity index (χ4n) is 2.92. The number of nitrogens with one attached hydrogen (secondary N) is 1. The van der Waals surface area contributed by atoms with Gasteiger partial charge in [0, 0.05) is 17.1 Å². The molecule has 5 nitrogen and oxygen atoms in total. The number of rotatable bonds is 10.